The maximum atomic E-state index is 13.8. The van der Waals surface area contributed by atoms with Crippen LogP contribution in [-0.4, -0.2) is 23.6 Å². The second-order valence-electron chi connectivity index (χ2n) is 3.96. The summed E-state index contributed by atoms with van der Waals surface area (Å²) in [6.45, 7) is 1.38. The summed E-state index contributed by atoms with van der Waals surface area (Å²) < 4.78 is 58.5. The Morgan fingerprint density at radius 1 is 1.32 bits per heavy atom. The van der Waals surface area contributed by atoms with Gasteiger partial charge in [-0.3, -0.25) is 0 Å². The summed E-state index contributed by atoms with van der Waals surface area (Å²) in [7, 11) is 0. The molecule has 1 unspecified atom stereocenters. The molecule has 0 amide bonds. The van der Waals surface area contributed by atoms with E-state index >= 15 is 0 Å². The third-order valence-electron chi connectivity index (χ3n) is 2.59. The molecule has 0 aromatic heterocycles. The van der Waals surface area contributed by atoms with Crippen LogP contribution in [0.1, 0.15) is 19.4 Å². The monoisotopic (exact) mass is 280 g/mol. The molecule has 0 spiro atoms. The van der Waals surface area contributed by atoms with E-state index in [0.717, 1.165) is 6.07 Å². The molecule has 0 saturated heterocycles. The van der Waals surface area contributed by atoms with Crippen molar-refractivity contribution in [3.8, 4) is 0 Å². The standard InChI is InChI=1S/C12H12F4O3/c1-3-19-10(17)12(15,16)11(2,18)9-7(13)5-4-6-8(9)14/h4-6,18H,3H2,1-2H3. The molecule has 1 atom stereocenters. The van der Waals surface area contributed by atoms with E-state index in [1.165, 1.54) is 6.92 Å². The van der Waals surface area contributed by atoms with Crippen LogP contribution >= 0.6 is 0 Å². The molecular weight excluding hydrogens is 268 g/mol. The van der Waals surface area contributed by atoms with Crippen molar-refractivity contribution in [3.63, 3.8) is 0 Å². The first-order valence-corrected chi connectivity index (χ1v) is 5.38. The highest BCUT2D eigenvalue weighted by Crippen LogP contribution is 2.40. The molecule has 0 aliphatic rings. The van der Waals surface area contributed by atoms with Crippen LogP contribution in [0.25, 0.3) is 0 Å². The Hall–Kier alpha value is -1.63. The molecule has 0 radical (unpaired) electrons. The van der Waals surface area contributed by atoms with E-state index < -0.39 is 34.7 Å². The van der Waals surface area contributed by atoms with E-state index in [2.05, 4.69) is 4.74 Å². The third kappa shape index (κ3) is 2.56. The minimum atomic E-state index is -4.49. The number of ether oxygens (including phenoxy) is 1. The summed E-state index contributed by atoms with van der Waals surface area (Å²) in [6, 6.07) is 2.36. The van der Waals surface area contributed by atoms with Crippen molar-refractivity contribution in [2.75, 3.05) is 6.61 Å². The predicted octanol–water partition coefficient (Wildman–Crippen LogP) is 2.37. The number of aliphatic hydroxyl groups is 1. The Bertz CT molecular complexity index is 466. The molecule has 0 saturated carbocycles. The fourth-order valence-corrected chi connectivity index (χ4v) is 1.54. The number of halogens is 4. The fraction of sp³-hybridized carbons (Fsp3) is 0.417. The fourth-order valence-electron chi connectivity index (χ4n) is 1.54. The van der Waals surface area contributed by atoms with Gasteiger partial charge in [-0.25, -0.2) is 13.6 Å². The van der Waals surface area contributed by atoms with Gasteiger partial charge in [-0.05, 0) is 26.0 Å². The van der Waals surface area contributed by atoms with Crippen molar-refractivity contribution in [3.05, 3.63) is 35.4 Å². The summed E-state index contributed by atoms with van der Waals surface area (Å²) in [6.07, 6.45) is 0. The van der Waals surface area contributed by atoms with Gasteiger partial charge in [-0.1, -0.05) is 6.07 Å². The highest BCUT2D eigenvalue weighted by atomic mass is 19.3. The summed E-state index contributed by atoms with van der Waals surface area (Å²) in [5.41, 5.74) is -4.65. The minimum absolute atomic E-state index is 0.357. The van der Waals surface area contributed by atoms with Crippen LogP contribution in [0.4, 0.5) is 17.6 Å². The van der Waals surface area contributed by atoms with E-state index in [1.54, 1.807) is 0 Å². The van der Waals surface area contributed by atoms with Crippen molar-refractivity contribution in [1.29, 1.82) is 0 Å². The van der Waals surface area contributed by atoms with Crippen LogP contribution in [0.2, 0.25) is 0 Å². The van der Waals surface area contributed by atoms with Crippen LogP contribution in [-0.2, 0) is 15.1 Å². The van der Waals surface area contributed by atoms with Gasteiger partial charge in [-0.15, -0.1) is 0 Å². The SMILES string of the molecule is CCOC(=O)C(F)(F)C(C)(O)c1c(F)cccc1F. The van der Waals surface area contributed by atoms with E-state index in [0.29, 0.717) is 19.1 Å². The van der Waals surface area contributed by atoms with Crippen LogP contribution in [0.3, 0.4) is 0 Å². The molecule has 19 heavy (non-hydrogen) atoms. The molecule has 0 fully saturated rings. The van der Waals surface area contributed by atoms with Gasteiger partial charge < -0.3 is 9.84 Å². The Kier molecular flexibility index (Phi) is 4.19. The highest BCUT2D eigenvalue weighted by Gasteiger charge is 2.59. The number of carbonyl (C=O) groups excluding carboxylic acids is 1. The molecule has 1 rings (SSSR count). The van der Waals surface area contributed by atoms with Crippen LogP contribution in [0, 0.1) is 11.6 Å². The van der Waals surface area contributed by atoms with Gasteiger partial charge in [0, 0.05) is 0 Å². The highest BCUT2D eigenvalue weighted by molar-refractivity contribution is 5.79. The summed E-state index contributed by atoms with van der Waals surface area (Å²) >= 11 is 0. The van der Waals surface area contributed by atoms with Crippen molar-refractivity contribution in [2.45, 2.75) is 25.4 Å². The normalized spacial score (nSPS) is 14.9. The van der Waals surface area contributed by atoms with Gasteiger partial charge in [0.2, 0.25) is 0 Å². The molecule has 0 heterocycles. The molecular formula is C12H12F4O3. The van der Waals surface area contributed by atoms with Crippen LogP contribution in [0.5, 0.6) is 0 Å². The smallest absolute Gasteiger partial charge is 0.380 e. The molecule has 0 bridgehead atoms. The lowest BCUT2D eigenvalue weighted by Crippen LogP contribution is -2.50. The Morgan fingerprint density at radius 2 is 1.79 bits per heavy atom. The second kappa shape index (κ2) is 5.16. The summed E-state index contributed by atoms with van der Waals surface area (Å²) in [5, 5.41) is 9.74. The number of esters is 1. The van der Waals surface area contributed by atoms with Crippen molar-refractivity contribution < 1.29 is 32.2 Å². The second-order valence-corrected chi connectivity index (χ2v) is 3.96. The maximum absolute atomic E-state index is 13.8. The first kappa shape index (κ1) is 15.4. The number of hydrogen-bond acceptors (Lipinski definition) is 3. The lowest BCUT2D eigenvalue weighted by Gasteiger charge is -2.31. The number of benzene rings is 1. The Balaban J connectivity index is 3.34. The van der Waals surface area contributed by atoms with E-state index in [-0.39, 0.29) is 6.61 Å². The van der Waals surface area contributed by atoms with Crippen molar-refractivity contribution >= 4 is 5.97 Å². The zero-order valence-corrected chi connectivity index (χ0v) is 10.2. The maximum Gasteiger partial charge on any atom is 0.380 e. The van der Waals surface area contributed by atoms with E-state index in [4.69, 9.17) is 0 Å². The first-order chi connectivity index (χ1) is 8.66. The molecule has 1 aromatic carbocycles. The quantitative estimate of drug-likeness (QED) is 0.680. The van der Waals surface area contributed by atoms with Crippen LogP contribution in [0.15, 0.2) is 18.2 Å². The van der Waals surface area contributed by atoms with Gasteiger partial charge in [0.25, 0.3) is 0 Å². The molecule has 106 valence electrons. The lowest BCUT2D eigenvalue weighted by molar-refractivity contribution is -0.213. The van der Waals surface area contributed by atoms with Gasteiger partial charge in [0.15, 0.2) is 5.60 Å². The first-order valence-electron chi connectivity index (χ1n) is 5.38. The molecule has 1 N–H and O–H groups in total. The number of alkyl halides is 2. The average molecular weight is 280 g/mol. The Labute approximate surface area is 106 Å². The number of hydrogen-bond donors (Lipinski definition) is 1. The van der Waals surface area contributed by atoms with Crippen molar-refractivity contribution in [2.24, 2.45) is 0 Å². The molecule has 0 aliphatic carbocycles. The molecule has 7 heteroatoms. The predicted molar refractivity (Wildman–Crippen MR) is 57.5 cm³/mol. The van der Waals surface area contributed by atoms with E-state index in [1.807, 2.05) is 0 Å². The van der Waals surface area contributed by atoms with Gasteiger partial charge in [0.1, 0.15) is 11.6 Å². The minimum Gasteiger partial charge on any atom is -0.461 e. The zero-order valence-electron chi connectivity index (χ0n) is 10.2. The Morgan fingerprint density at radius 3 is 2.21 bits per heavy atom. The largest absolute Gasteiger partial charge is 0.461 e. The lowest BCUT2D eigenvalue weighted by atomic mass is 9.88. The number of rotatable bonds is 4. The van der Waals surface area contributed by atoms with Crippen LogP contribution < -0.4 is 0 Å². The number of carbonyl (C=O) groups is 1. The third-order valence-corrected chi connectivity index (χ3v) is 2.59. The molecule has 1 aromatic rings. The summed E-state index contributed by atoms with van der Waals surface area (Å²) in [4.78, 5) is 11.1. The van der Waals surface area contributed by atoms with Gasteiger partial charge in [0.05, 0.1) is 12.2 Å². The average Bonchev–Trinajstić information content (AvgIpc) is 2.28. The molecule has 0 aliphatic heterocycles. The zero-order chi connectivity index (χ0) is 14.8. The molecule has 3 nitrogen and oxygen atoms in total. The summed E-state index contributed by atoms with van der Waals surface area (Å²) in [5.74, 6) is -9.31. The van der Waals surface area contributed by atoms with Crippen molar-refractivity contribution in [1.82, 2.24) is 0 Å². The van der Waals surface area contributed by atoms with Gasteiger partial charge in [-0.2, -0.15) is 8.78 Å². The topological polar surface area (TPSA) is 46.5 Å². The van der Waals surface area contributed by atoms with Gasteiger partial charge >= 0.3 is 11.9 Å². The van der Waals surface area contributed by atoms with E-state index in [9.17, 15) is 27.5 Å².